The number of rotatable bonds is 4. The number of ether oxygens (including phenoxy) is 2. The summed E-state index contributed by atoms with van der Waals surface area (Å²) < 4.78 is 10.9. The summed E-state index contributed by atoms with van der Waals surface area (Å²) in [5.41, 5.74) is 0.611. The zero-order valence-corrected chi connectivity index (χ0v) is 12.0. The van der Waals surface area contributed by atoms with Crippen LogP contribution in [-0.2, 0) is 4.79 Å². The van der Waals surface area contributed by atoms with Gasteiger partial charge in [-0.25, -0.2) is 0 Å². The van der Waals surface area contributed by atoms with Crippen LogP contribution < -0.4 is 9.47 Å². The monoisotopic (exact) mass is 303 g/mol. The molecule has 0 spiro atoms. The number of ketones is 1. The fourth-order valence-electron chi connectivity index (χ4n) is 3.62. The Morgan fingerprint density at radius 3 is 2.50 bits per heavy atom. The largest absolute Gasteiger partial charge is 0.486 e. The predicted molar refractivity (Wildman–Crippen MR) is 76.3 cm³/mol. The first kappa shape index (κ1) is 13.6. The van der Waals surface area contributed by atoms with E-state index >= 15 is 0 Å². The fraction of sp³-hybridized carbons (Fsp3) is 0.500. The number of hydrogen-bond donors (Lipinski definition) is 1. The van der Waals surface area contributed by atoms with E-state index < -0.39 is 5.97 Å². The molecule has 1 aromatic rings. The molecule has 3 aliphatic rings. The molecule has 1 saturated heterocycles. The SMILES string of the molecule is O=C(CN1CC2[C@@H](C1)[C@@H]2C(=O)O)c1ccc2c(c1)OCCO2. The van der Waals surface area contributed by atoms with Crippen LogP contribution in [0.3, 0.4) is 0 Å². The third kappa shape index (κ3) is 2.23. The highest BCUT2D eigenvalue weighted by Crippen LogP contribution is 2.51. The Balaban J connectivity index is 1.38. The Hall–Kier alpha value is -2.08. The van der Waals surface area contributed by atoms with Gasteiger partial charge in [-0.15, -0.1) is 0 Å². The molecule has 0 aromatic heterocycles. The van der Waals surface area contributed by atoms with Gasteiger partial charge in [-0.05, 0) is 30.0 Å². The molecule has 2 aliphatic heterocycles. The number of benzene rings is 1. The number of nitrogens with zero attached hydrogens (tertiary/aromatic N) is 1. The molecule has 3 atom stereocenters. The van der Waals surface area contributed by atoms with Crippen LogP contribution in [0.1, 0.15) is 10.4 Å². The first-order valence-corrected chi connectivity index (χ1v) is 7.51. The summed E-state index contributed by atoms with van der Waals surface area (Å²) in [6.07, 6.45) is 0. The van der Waals surface area contributed by atoms with Gasteiger partial charge >= 0.3 is 5.97 Å². The first-order chi connectivity index (χ1) is 10.6. The lowest BCUT2D eigenvalue weighted by molar-refractivity contribution is -0.139. The van der Waals surface area contributed by atoms with Gasteiger partial charge in [0.1, 0.15) is 13.2 Å². The second kappa shape index (κ2) is 4.98. The van der Waals surface area contributed by atoms with Crippen LogP contribution in [0.4, 0.5) is 0 Å². The van der Waals surface area contributed by atoms with E-state index in [1.165, 1.54) is 0 Å². The van der Waals surface area contributed by atoms with Crippen molar-refractivity contribution in [2.75, 3.05) is 32.8 Å². The van der Waals surface area contributed by atoms with E-state index in [0.29, 0.717) is 49.9 Å². The van der Waals surface area contributed by atoms with Crippen LogP contribution in [0.5, 0.6) is 11.5 Å². The van der Waals surface area contributed by atoms with Gasteiger partial charge in [0.2, 0.25) is 0 Å². The van der Waals surface area contributed by atoms with Gasteiger partial charge in [0.25, 0.3) is 0 Å². The third-order valence-electron chi connectivity index (χ3n) is 4.79. The number of piperidine rings is 1. The maximum absolute atomic E-state index is 12.4. The maximum atomic E-state index is 12.4. The Kier molecular flexibility index (Phi) is 3.07. The number of carboxylic acid groups (broad SMARTS) is 1. The molecule has 6 nitrogen and oxygen atoms in total. The molecule has 1 unspecified atom stereocenters. The van der Waals surface area contributed by atoms with E-state index in [-0.39, 0.29) is 23.5 Å². The Labute approximate surface area is 127 Å². The average molecular weight is 303 g/mol. The molecule has 1 aliphatic carbocycles. The predicted octanol–water partition coefficient (Wildman–Crippen LogP) is 0.903. The number of carbonyl (C=O) groups is 2. The van der Waals surface area contributed by atoms with Gasteiger partial charge in [0.15, 0.2) is 17.3 Å². The van der Waals surface area contributed by atoms with Gasteiger partial charge in [-0.1, -0.05) is 0 Å². The van der Waals surface area contributed by atoms with Crippen LogP contribution in [0, 0.1) is 17.8 Å². The summed E-state index contributed by atoms with van der Waals surface area (Å²) >= 11 is 0. The maximum Gasteiger partial charge on any atom is 0.307 e. The number of aliphatic carboxylic acids is 1. The quantitative estimate of drug-likeness (QED) is 0.833. The molecule has 0 radical (unpaired) electrons. The molecule has 1 saturated carbocycles. The average Bonchev–Trinajstić information content (AvgIpc) is 3.04. The second-order valence-corrected chi connectivity index (χ2v) is 6.17. The van der Waals surface area contributed by atoms with Crippen LogP contribution >= 0.6 is 0 Å². The summed E-state index contributed by atoms with van der Waals surface area (Å²) in [6.45, 7) is 2.77. The number of carbonyl (C=O) groups excluding carboxylic acids is 1. The summed E-state index contributed by atoms with van der Waals surface area (Å²) in [5, 5.41) is 9.01. The number of carboxylic acids is 1. The lowest BCUT2D eigenvalue weighted by Gasteiger charge is -2.20. The molecular weight excluding hydrogens is 286 g/mol. The smallest absolute Gasteiger partial charge is 0.307 e. The van der Waals surface area contributed by atoms with Crippen molar-refractivity contribution in [3.8, 4) is 11.5 Å². The highest BCUT2D eigenvalue weighted by molar-refractivity contribution is 5.98. The van der Waals surface area contributed by atoms with E-state index in [4.69, 9.17) is 14.6 Å². The van der Waals surface area contributed by atoms with Crippen molar-refractivity contribution in [1.82, 2.24) is 4.90 Å². The Morgan fingerprint density at radius 2 is 1.82 bits per heavy atom. The summed E-state index contributed by atoms with van der Waals surface area (Å²) in [4.78, 5) is 25.4. The topological polar surface area (TPSA) is 76.1 Å². The highest BCUT2D eigenvalue weighted by Gasteiger charge is 2.59. The molecule has 0 amide bonds. The van der Waals surface area contributed by atoms with Gasteiger partial charge in [0.05, 0.1) is 12.5 Å². The van der Waals surface area contributed by atoms with Crippen LogP contribution in [0.15, 0.2) is 18.2 Å². The lowest BCUT2D eigenvalue weighted by atomic mass is 10.1. The molecule has 2 fully saturated rings. The molecule has 2 heterocycles. The molecule has 1 aromatic carbocycles. The molecule has 116 valence electrons. The minimum atomic E-state index is -0.701. The number of likely N-dealkylation sites (tertiary alicyclic amines) is 1. The van der Waals surface area contributed by atoms with Crippen molar-refractivity contribution in [1.29, 1.82) is 0 Å². The van der Waals surface area contributed by atoms with Crippen molar-refractivity contribution < 1.29 is 24.2 Å². The molecular formula is C16H17NO5. The number of Topliss-reactive ketones (excluding diaryl/α,β-unsaturated/α-hetero) is 1. The van der Waals surface area contributed by atoms with E-state index in [2.05, 4.69) is 0 Å². The number of fused-ring (bicyclic) bond motifs is 2. The molecule has 4 rings (SSSR count). The lowest BCUT2D eigenvalue weighted by Crippen LogP contribution is -2.31. The van der Waals surface area contributed by atoms with Crippen molar-refractivity contribution in [2.45, 2.75) is 0 Å². The standard InChI is InChI=1S/C16H17NO5/c18-12(8-17-6-10-11(7-17)15(10)16(19)20)9-1-2-13-14(5-9)22-4-3-21-13/h1-2,5,10-11,15H,3-4,6-8H2,(H,19,20)/t10-,11?,15+/m1/s1. The normalized spacial score (nSPS) is 29.0. The van der Waals surface area contributed by atoms with Gasteiger partial charge in [-0.3, -0.25) is 14.5 Å². The minimum absolute atomic E-state index is 0.0325. The third-order valence-corrected chi connectivity index (χ3v) is 4.79. The minimum Gasteiger partial charge on any atom is -0.486 e. The van der Waals surface area contributed by atoms with E-state index in [1.54, 1.807) is 18.2 Å². The highest BCUT2D eigenvalue weighted by atomic mass is 16.6. The van der Waals surface area contributed by atoms with Crippen molar-refractivity contribution in [3.05, 3.63) is 23.8 Å². The summed E-state index contributed by atoms with van der Waals surface area (Å²) in [6, 6.07) is 5.25. The van der Waals surface area contributed by atoms with Crippen LogP contribution in [0.25, 0.3) is 0 Å². The number of hydrogen-bond acceptors (Lipinski definition) is 5. The van der Waals surface area contributed by atoms with Crippen LogP contribution in [-0.4, -0.2) is 54.6 Å². The van der Waals surface area contributed by atoms with Gasteiger partial charge in [-0.2, -0.15) is 0 Å². The van der Waals surface area contributed by atoms with Crippen molar-refractivity contribution in [3.63, 3.8) is 0 Å². The molecule has 6 heteroatoms. The summed E-state index contributed by atoms with van der Waals surface area (Å²) in [5.74, 6) is 0.886. The van der Waals surface area contributed by atoms with Crippen molar-refractivity contribution >= 4 is 11.8 Å². The van der Waals surface area contributed by atoms with E-state index in [0.717, 1.165) is 0 Å². The van der Waals surface area contributed by atoms with Crippen molar-refractivity contribution in [2.24, 2.45) is 17.8 Å². The van der Waals surface area contributed by atoms with Crippen LogP contribution in [0.2, 0.25) is 0 Å². The Morgan fingerprint density at radius 1 is 1.14 bits per heavy atom. The van der Waals surface area contributed by atoms with Gasteiger partial charge in [0, 0.05) is 18.7 Å². The van der Waals surface area contributed by atoms with E-state index in [9.17, 15) is 9.59 Å². The first-order valence-electron chi connectivity index (χ1n) is 7.51. The molecule has 1 N–H and O–H groups in total. The van der Waals surface area contributed by atoms with Gasteiger partial charge < -0.3 is 14.6 Å². The fourth-order valence-corrected chi connectivity index (χ4v) is 3.62. The molecule has 0 bridgehead atoms. The second-order valence-electron chi connectivity index (χ2n) is 6.17. The van der Waals surface area contributed by atoms with E-state index in [1.807, 2.05) is 4.90 Å². The molecule has 22 heavy (non-hydrogen) atoms. The summed E-state index contributed by atoms with van der Waals surface area (Å²) in [7, 11) is 0. The zero-order valence-electron chi connectivity index (χ0n) is 12.0. The zero-order chi connectivity index (χ0) is 15.3. The Bertz CT molecular complexity index is 631.